The molecule has 1 saturated heterocycles. The van der Waals surface area contributed by atoms with Crippen LogP contribution in [0.2, 0.25) is 10.0 Å². The summed E-state index contributed by atoms with van der Waals surface area (Å²) in [6.45, 7) is 5.05. The van der Waals surface area contributed by atoms with Crippen LogP contribution in [0.1, 0.15) is 23.3 Å². The fourth-order valence-electron chi connectivity index (χ4n) is 4.39. The van der Waals surface area contributed by atoms with Crippen LogP contribution >= 0.6 is 23.2 Å². The summed E-state index contributed by atoms with van der Waals surface area (Å²) in [4.78, 5) is 34.4. The summed E-state index contributed by atoms with van der Waals surface area (Å²) in [5.74, 6) is -0.763. The van der Waals surface area contributed by atoms with Gasteiger partial charge in [-0.25, -0.2) is 9.37 Å². The van der Waals surface area contributed by atoms with Crippen LogP contribution in [0.3, 0.4) is 0 Å². The monoisotopic (exact) mass is 520 g/mol. The summed E-state index contributed by atoms with van der Waals surface area (Å²) in [6.07, 6.45) is 2.85. The van der Waals surface area contributed by atoms with Crippen LogP contribution < -0.4 is 25.9 Å². The van der Waals surface area contributed by atoms with Gasteiger partial charge in [-0.15, -0.1) is 0 Å². The van der Waals surface area contributed by atoms with Gasteiger partial charge in [0.05, 0.1) is 27.0 Å². The fourth-order valence-corrected chi connectivity index (χ4v) is 4.82. The molecule has 4 heterocycles. The Morgan fingerprint density at radius 2 is 1.97 bits per heavy atom. The number of piperazine rings is 1. The van der Waals surface area contributed by atoms with Crippen LogP contribution in [0.15, 0.2) is 29.3 Å². The molecule has 5 rings (SSSR count). The van der Waals surface area contributed by atoms with E-state index in [1.54, 1.807) is 4.57 Å². The maximum Gasteiger partial charge on any atom is 0.275 e. The van der Waals surface area contributed by atoms with Gasteiger partial charge >= 0.3 is 0 Å². The number of pyridine rings is 2. The molecule has 0 radical (unpaired) electrons. The van der Waals surface area contributed by atoms with E-state index < -0.39 is 17.2 Å². The lowest BCUT2D eigenvalue weighted by Gasteiger charge is -2.37. The molecule has 0 saturated carbocycles. The quantitative estimate of drug-likeness (QED) is 0.510. The van der Waals surface area contributed by atoms with Crippen LogP contribution in [-0.4, -0.2) is 60.2 Å². The molecule has 1 unspecified atom stereocenters. The second kappa shape index (κ2) is 9.18. The zero-order valence-corrected chi connectivity index (χ0v) is 20.6. The molecule has 0 spiro atoms. The number of nitrogens with one attached hydrogen (secondary N) is 2. The Morgan fingerprint density at radius 3 is 2.69 bits per heavy atom. The molecule has 0 aliphatic carbocycles. The molecule has 2 aromatic heterocycles. The number of amides is 1. The van der Waals surface area contributed by atoms with Crippen molar-refractivity contribution in [2.75, 3.05) is 50.2 Å². The van der Waals surface area contributed by atoms with Gasteiger partial charge < -0.3 is 19.1 Å². The van der Waals surface area contributed by atoms with Gasteiger partial charge in [-0.05, 0) is 26.1 Å². The number of anilines is 2. The molecular weight excluding hydrogens is 498 g/mol. The van der Waals surface area contributed by atoms with E-state index >= 15 is 4.39 Å². The highest BCUT2D eigenvalue weighted by Gasteiger charge is 2.31. The summed E-state index contributed by atoms with van der Waals surface area (Å²) in [7, 11) is 2.02. The molecule has 0 bridgehead atoms. The van der Waals surface area contributed by atoms with E-state index in [9.17, 15) is 9.59 Å². The van der Waals surface area contributed by atoms with Crippen molar-refractivity contribution in [3.05, 3.63) is 56.2 Å². The smallest absolute Gasteiger partial charge is 0.275 e. The molecule has 3 aromatic rings. The van der Waals surface area contributed by atoms with Gasteiger partial charge in [-0.3, -0.25) is 20.4 Å². The first kappa shape index (κ1) is 23.7. The lowest BCUT2D eigenvalue weighted by atomic mass is 10.0. The Morgan fingerprint density at radius 1 is 1.23 bits per heavy atom. The third kappa shape index (κ3) is 4.26. The number of likely N-dealkylation sites (N-methyl/N-ethyl adjacent to an activating group) is 1. The van der Waals surface area contributed by atoms with Crippen LogP contribution in [0.25, 0.3) is 10.9 Å². The lowest BCUT2D eigenvalue weighted by molar-refractivity contribution is 0.0960. The first-order valence-corrected chi connectivity index (χ1v) is 11.8. The number of carbonyl (C=O) groups excluding carboxylic acids is 1. The number of hydrogen-bond donors (Lipinski definition) is 2. The van der Waals surface area contributed by atoms with E-state index in [0.717, 1.165) is 13.1 Å². The van der Waals surface area contributed by atoms with E-state index in [-0.39, 0.29) is 34.4 Å². The highest BCUT2D eigenvalue weighted by atomic mass is 35.5. The lowest BCUT2D eigenvalue weighted by Crippen LogP contribution is -2.45. The highest BCUT2D eigenvalue weighted by molar-refractivity contribution is 6.36. The first-order chi connectivity index (χ1) is 16.7. The van der Waals surface area contributed by atoms with Crippen molar-refractivity contribution in [1.82, 2.24) is 19.9 Å². The number of benzene rings is 1. The zero-order chi connectivity index (χ0) is 24.9. The average molecular weight is 521 g/mol. The molecule has 12 heteroatoms. The molecule has 35 heavy (non-hydrogen) atoms. The predicted octanol–water partition coefficient (Wildman–Crippen LogP) is 3.30. The summed E-state index contributed by atoms with van der Waals surface area (Å²) in [5, 5.41) is 0.609. The maximum absolute atomic E-state index is 15.4. The maximum atomic E-state index is 15.4. The summed E-state index contributed by atoms with van der Waals surface area (Å²) < 4.78 is 23.2. The molecular formula is C23H23Cl2FN6O3. The Kier molecular flexibility index (Phi) is 6.20. The summed E-state index contributed by atoms with van der Waals surface area (Å²) >= 11 is 11.9. The van der Waals surface area contributed by atoms with Crippen molar-refractivity contribution >= 4 is 51.5 Å². The van der Waals surface area contributed by atoms with Gasteiger partial charge in [0, 0.05) is 38.6 Å². The van der Waals surface area contributed by atoms with E-state index in [4.69, 9.17) is 27.9 Å². The van der Waals surface area contributed by atoms with Crippen LogP contribution in [0.4, 0.5) is 15.9 Å². The topological polar surface area (TPSA) is 91.7 Å². The van der Waals surface area contributed by atoms with Gasteiger partial charge in [-0.1, -0.05) is 23.2 Å². The molecule has 9 nitrogen and oxygen atoms in total. The van der Waals surface area contributed by atoms with Crippen LogP contribution in [-0.2, 0) is 0 Å². The van der Waals surface area contributed by atoms with Crippen molar-refractivity contribution in [3.8, 4) is 5.75 Å². The number of ether oxygens (including phenoxy) is 1. The molecule has 184 valence electrons. The van der Waals surface area contributed by atoms with Gasteiger partial charge in [0.2, 0.25) is 5.43 Å². The Hall–Kier alpha value is -3.08. The van der Waals surface area contributed by atoms with Crippen molar-refractivity contribution in [2.45, 2.75) is 13.0 Å². The molecule has 2 aliphatic heterocycles. The number of rotatable bonds is 4. The fraction of sp³-hybridized carbons (Fsp3) is 0.348. The molecule has 1 atom stereocenters. The number of aromatic nitrogens is 2. The molecule has 2 N–H and O–H groups in total. The second-order valence-electron chi connectivity index (χ2n) is 8.72. The van der Waals surface area contributed by atoms with E-state index in [0.29, 0.717) is 35.1 Å². The normalized spacial score (nSPS) is 17.9. The van der Waals surface area contributed by atoms with Crippen LogP contribution in [0, 0.1) is 5.82 Å². The molecule has 1 fully saturated rings. The van der Waals surface area contributed by atoms with Crippen molar-refractivity contribution in [2.24, 2.45) is 0 Å². The number of hydrogen-bond acceptors (Lipinski definition) is 7. The minimum Gasteiger partial charge on any atom is -0.487 e. The minimum atomic E-state index is -0.711. The summed E-state index contributed by atoms with van der Waals surface area (Å²) in [5.41, 5.74) is 5.11. The van der Waals surface area contributed by atoms with Crippen molar-refractivity contribution in [1.29, 1.82) is 0 Å². The standard InChI is InChI=1S/C23H23Cl2FN6O3/c1-12-11-35-21-18-14(8-17(26)19(21)31-5-3-30(2)4-6-31)20(33)15(10-32(12)18)23(34)29-28-22-16(25)7-13(24)9-27-22/h7-10,12H,3-6,11H2,1-2H3,(H,27,28)(H,29,34). The minimum absolute atomic E-state index is 0.0808. The number of nitrogens with zero attached hydrogens (tertiary/aromatic N) is 4. The van der Waals surface area contributed by atoms with E-state index in [2.05, 4.69) is 20.7 Å². The Balaban J connectivity index is 1.55. The van der Waals surface area contributed by atoms with Gasteiger partial charge in [0.25, 0.3) is 5.91 Å². The largest absolute Gasteiger partial charge is 0.487 e. The summed E-state index contributed by atoms with van der Waals surface area (Å²) in [6, 6.07) is 2.49. The Bertz CT molecular complexity index is 1390. The molecule has 2 aliphatic rings. The predicted molar refractivity (Wildman–Crippen MR) is 133 cm³/mol. The molecule has 1 aromatic carbocycles. The second-order valence-corrected chi connectivity index (χ2v) is 9.57. The van der Waals surface area contributed by atoms with Gasteiger partial charge in [-0.2, -0.15) is 0 Å². The average Bonchev–Trinajstić information content (AvgIpc) is 2.82. The third-order valence-electron chi connectivity index (χ3n) is 6.31. The Labute approximate surface area is 210 Å². The molecule has 1 amide bonds. The number of carbonyl (C=O) groups is 1. The third-order valence-corrected chi connectivity index (χ3v) is 6.80. The first-order valence-electron chi connectivity index (χ1n) is 11.1. The van der Waals surface area contributed by atoms with Crippen molar-refractivity contribution in [3.63, 3.8) is 0 Å². The van der Waals surface area contributed by atoms with Crippen LogP contribution in [0.5, 0.6) is 5.75 Å². The van der Waals surface area contributed by atoms with Gasteiger partial charge in [0.1, 0.15) is 17.9 Å². The van der Waals surface area contributed by atoms with Gasteiger partial charge in [0.15, 0.2) is 17.4 Å². The number of hydrazine groups is 1. The zero-order valence-electron chi connectivity index (χ0n) is 19.1. The highest BCUT2D eigenvalue weighted by Crippen LogP contribution is 2.42. The number of halogens is 3. The van der Waals surface area contributed by atoms with Crippen molar-refractivity contribution < 1.29 is 13.9 Å². The van der Waals surface area contributed by atoms with E-state index in [1.165, 1.54) is 24.5 Å². The van der Waals surface area contributed by atoms with E-state index in [1.807, 2.05) is 18.9 Å². The SMILES string of the molecule is CC1COc2c(N3CCN(C)CC3)c(F)cc3c(=O)c(C(=O)NNc4ncc(Cl)cc4Cl)cn1c23.